The van der Waals surface area contributed by atoms with E-state index in [1.165, 1.54) is 4.90 Å². The molecule has 1 N–H and O–H groups in total. The Balaban J connectivity index is 1.45. The molecule has 1 fully saturated rings. The van der Waals surface area contributed by atoms with Gasteiger partial charge in [0.2, 0.25) is 17.7 Å². The van der Waals surface area contributed by atoms with Gasteiger partial charge in [0.1, 0.15) is 6.04 Å². The Morgan fingerprint density at radius 3 is 2.43 bits per heavy atom. The number of amides is 3. The smallest absolute Gasteiger partial charge is 0.246 e. The third-order valence-corrected chi connectivity index (χ3v) is 8.28. The van der Waals surface area contributed by atoms with Crippen LogP contribution < -0.4 is 5.32 Å². The van der Waals surface area contributed by atoms with Crippen LogP contribution in [-0.4, -0.2) is 53.2 Å². The zero-order valence-electron chi connectivity index (χ0n) is 18.9. The van der Waals surface area contributed by atoms with E-state index in [-0.39, 0.29) is 30.7 Å². The molecular formula is C25H25Cl2N3O3S2. The summed E-state index contributed by atoms with van der Waals surface area (Å²) >= 11 is 15.4. The summed E-state index contributed by atoms with van der Waals surface area (Å²) in [5, 5.41) is 7.87. The topological polar surface area (TPSA) is 69.7 Å². The maximum absolute atomic E-state index is 13.5. The molecule has 35 heavy (non-hydrogen) atoms. The molecule has 3 heterocycles. The molecule has 1 saturated heterocycles. The van der Waals surface area contributed by atoms with E-state index in [1.807, 2.05) is 41.1 Å². The van der Waals surface area contributed by atoms with Gasteiger partial charge in [-0.3, -0.25) is 14.4 Å². The fraction of sp³-hybridized carbons (Fsp3) is 0.320. The van der Waals surface area contributed by atoms with Crippen molar-refractivity contribution in [1.29, 1.82) is 0 Å². The molecule has 1 unspecified atom stereocenters. The minimum Gasteiger partial charge on any atom is -0.351 e. The van der Waals surface area contributed by atoms with Gasteiger partial charge in [-0.25, -0.2) is 0 Å². The van der Waals surface area contributed by atoms with Crippen molar-refractivity contribution in [1.82, 2.24) is 15.1 Å². The summed E-state index contributed by atoms with van der Waals surface area (Å²) < 4.78 is 0. The Hall–Kier alpha value is -2.39. The van der Waals surface area contributed by atoms with Gasteiger partial charge in [-0.1, -0.05) is 41.4 Å². The van der Waals surface area contributed by atoms with E-state index in [2.05, 4.69) is 5.32 Å². The van der Waals surface area contributed by atoms with Crippen LogP contribution in [0.1, 0.15) is 21.7 Å². The van der Waals surface area contributed by atoms with Gasteiger partial charge in [0.05, 0.1) is 19.5 Å². The Bertz CT molecular complexity index is 1170. The lowest BCUT2D eigenvalue weighted by molar-refractivity contribution is -0.157. The number of nitrogens with one attached hydrogen (secondary N) is 1. The molecule has 3 aromatic rings. The second-order valence-corrected chi connectivity index (χ2v) is 11.1. The van der Waals surface area contributed by atoms with Crippen LogP contribution >= 0.6 is 45.9 Å². The predicted molar refractivity (Wildman–Crippen MR) is 141 cm³/mol. The molecule has 0 saturated carbocycles. The highest BCUT2D eigenvalue weighted by Gasteiger charge is 2.40. The number of rotatable bonds is 10. The van der Waals surface area contributed by atoms with Gasteiger partial charge in [-0.05, 0) is 53.4 Å². The van der Waals surface area contributed by atoms with Gasteiger partial charge in [0.15, 0.2) is 0 Å². The molecule has 0 aliphatic carbocycles. The fourth-order valence-electron chi connectivity index (χ4n) is 4.03. The van der Waals surface area contributed by atoms with Gasteiger partial charge >= 0.3 is 0 Å². The van der Waals surface area contributed by atoms with Crippen LogP contribution in [0.3, 0.4) is 0 Å². The van der Waals surface area contributed by atoms with Crippen LogP contribution in [0.25, 0.3) is 0 Å². The first-order chi connectivity index (χ1) is 16.9. The molecule has 1 atom stereocenters. The number of benzene rings is 1. The van der Waals surface area contributed by atoms with Crippen molar-refractivity contribution in [3.05, 3.63) is 78.6 Å². The largest absolute Gasteiger partial charge is 0.351 e. The van der Waals surface area contributed by atoms with Crippen LogP contribution in [0.5, 0.6) is 0 Å². The Kier molecular flexibility index (Phi) is 8.83. The quantitative estimate of drug-likeness (QED) is 0.400. The molecule has 10 heteroatoms. The van der Waals surface area contributed by atoms with Crippen LogP contribution in [0, 0.1) is 0 Å². The Morgan fingerprint density at radius 1 is 1.00 bits per heavy atom. The lowest BCUT2D eigenvalue weighted by Gasteiger charge is -2.40. The number of hydrogen-bond acceptors (Lipinski definition) is 5. The van der Waals surface area contributed by atoms with E-state index in [1.54, 1.807) is 39.7 Å². The summed E-state index contributed by atoms with van der Waals surface area (Å²) in [6, 6.07) is 12.2. The van der Waals surface area contributed by atoms with Crippen molar-refractivity contribution >= 4 is 63.6 Å². The number of piperazine rings is 1. The second kappa shape index (κ2) is 12.0. The molecule has 3 amide bonds. The van der Waals surface area contributed by atoms with Crippen molar-refractivity contribution in [3.8, 4) is 0 Å². The zero-order chi connectivity index (χ0) is 24.8. The SMILES string of the molecule is O=C(CC1C(=O)N(CCc2ccc(Cl)cc2Cl)CC(=O)N1CCc1cccs1)NCc1cccs1. The third kappa shape index (κ3) is 6.85. The molecule has 6 nitrogen and oxygen atoms in total. The van der Waals surface area contributed by atoms with E-state index in [0.717, 1.165) is 15.3 Å². The van der Waals surface area contributed by atoms with E-state index in [4.69, 9.17) is 23.2 Å². The second-order valence-electron chi connectivity index (χ2n) is 8.24. The Morgan fingerprint density at radius 2 is 1.74 bits per heavy atom. The highest BCUT2D eigenvalue weighted by atomic mass is 35.5. The van der Waals surface area contributed by atoms with Crippen molar-refractivity contribution in [2.45, 2.75) is 31.8 Å². The van der Waals surface area contributed by atoms with Crippen LogP contribution in [0.4, 0.5) is 0 Å². The Labute approximate surface area is 222 Å². The lowest BCUT2D eigenvalue weighted by atomic mass is 10.0. The standard InChI is InChI=1S/C25H25Cl2N3O3S2/c26-18-6-5-17(21(27)13-18)7-9-29-16-24(32)30(10-8-19-3-1-11-34-19)22(25(29)33)14-23(31)28-15-20-4-2-12-35-20/h1-6,11-13,22H,7-10,14-16H2,(H,28,31). The van der Waals surface area contributed by atoms with Crippen molar-refractivity contribution in [2.75, 3.05) is 19.6 Å². The lowest BCUT2D eigenvalue weighted by Crippen LogP contribution is -2.61. The molecule has 1 aromatic carbocycles. The summed E-state index contributed by atoms with van der Waals surface area (Å²) in [5.41, 5.74) is 0.849. The summed E-state index contributed by atoms with van der Waals surface area (Å²) in [6.07, 6.45) is 1.06. The summed E-state index contributed by atoms with van der Waals surface area (Å²) in [5.74, 6) is -0.625. The first kappa shape index (κ1) is 25.7. The number of nitrogens with zero attached hydrogens (tertiary/aromatic N) is 2. The van der Waals surface area contributed by atoms with Crippen LogP contribution in [0.2, 0.25) is 10.0 Å². The highest BCUT2D eigenvalue weighted by molar-refractivity contribution is 7.10. The van der Waals surface area contributed by atoms with Crippen molar-refractivity contribution in [3.63, 3.8) is 0 Å². The zero-order valence-corrected chi connectivity index (χ0v) is 22.1. The summed E-state index contributed by atoms with van der Waals surface area (Å²) in [7, 11) is 0. The average molecular weight is 551 g/mol. The molecule has 1 aliphatic heterocycles. The van der Waals surface area contributed by atoms with E-state index in [0.29, 0.717) is 42.5 Å². The minimum atomic E-state index is -0.833. The molecule has 0 spiro atoms. The first-order valence-electron chi connectivity index (χ1n) is 11.2. The normalized spacial score (nSPS) is 16.1. The number of carbonyl (C=O) groups is 3. The predicted octanol–water partition coefficient (Wildman–Crippen LogP) is 4.65. The first-order valence-corrected chi connectivity index (χ1v) is 13.8. The molecule has 184 valence electrons. The molecule has 2 aromatic heterocycles. The molecule has 0 radical (unpaired) electrons. The molecule has 0 bridgehead atoms. The monoisotopic (exact) mass is 549 g/mol. The summed E-state index contributed by atoms with van der Waals surface area (Å²) in [4.78, 5) is 44.6. The number of halogens is 2. The van der Waals surface area contributed by atoms with Crippen molar-refractivity contribution in [2.24, 2.45) is 0 Å². The van der Waals surface area contributed by atoms with E-state index < -0.39 is 6.04 Å². The van der Waals surface area contributed by atoms with Crippen LogP contribution in [-0.2, 0) is 33.8 Å². The van der Waals surface area contributed by atoms with Gasteiger partial charge in [0, 0.05) is 32.9 Å². The maximum Gasteiger partial charge on any atom is 0.246 e. The molecule has 1 aliphatic rings. The minimum absolute atomic E-state index is 0.0121. The maximum atomic E-state index is 13.5. The highest BCUT2D eigenvalue weighted by Crippen LogP contribution is 2.23. The van der Waals surface area contributed by atoms with E-state index in [9.17, 15) is 14.4 Å². The van der Waals surface area contributed by atoms with Crippen LogP contribution in [0.15, 0.2) is 53.2 Å². The third-order valence-electron chi connectivity index (χ3n) is 5.88. The fourth-order valence-corrected chi connectivity index (χ4v) is 5.87. The van der Waals surface area contributed by atoms with Gasteiger partial charge < -0.3 is 15.1 Å². The van der Waals surface area contributed by atoms with E-state index >= 15 is 0 Å². The van der Waals surface area contributed by atoms with Crippen molar-refractivity contribution < 1.29 is 14.4 Å². The molecular weight excluding hydrogens is 525 g/mol. The molecule has 4 rings (SSSR count). The summed E-state index contributed by atoms with van der Waals surface area (Å²) in [6.45, 7) is 1.12. The van der Waals surface area contributed by atoms with Gasteiger partial charge in [-0.2, -0.15) is 0 Å². The number of carbonyl (C=O) groups excluding carboxylic acids is 3. The van der Waals surface area contributed by atoms with Gasteiger partial charge in [0.25, 0.3) is 0 Å². The van der Waals surface area contributed by atoms with Gasteiger partial charge in [-0.15, -0.1) is 22.7 Å². The number of hydrogen-bond donors (Lipinski definition) is 1. The number of thiophene rings is 2. The average Bonchev–Trinajstić information content (AvgIpc) is 3.54.